The summed E-state index contributed by atoms with van der Waals surface area (Å²) in [4.78, 5) is 0. The van der Waals surface area contributed by atoms with Crippen LogP contribution in [0.25, 0.3) is 0 Å². The molecule has 0 amide bonds. The summed E-state index contributed by atoms with van der Waals surface area (Å²) in [5.74, 6) is 1.48. The van der Waals surface area contributed by atoms with E-state index >= 15 is 0 Å². The Morgan fingerprint density at radius 2 is 2.00 bits per heavy atom. The Kier molecular flexibility index (Phi) is 5.89. The molecule has 2 heteroatoms. The average Bonchev–Trinajstić information content (AvgIpc) is 2.38. The van der Waals surface area contributed by atoms with E-state index in [1.54, 1.807) is 0 Å². The molecule has 0 atom stereocenters. The third kappa shape index (κ3) is 5.79. The van der Waals surface area contributed by atoms with Crippen molar-refractivity contribution in [3.8, 4) is 11.8 Å². The summed E-state index contributed by atoms with van der Waals surface area (Å²) >= 11 is 0. The Bertz CT molecular complexity index is 429. The van der Waals surface area contributed by atoms with Crippen LogP contribution in [-0.4, -0.2) is 6.61 Å². The zero-order valence-electron chi connectivity index (χ0n) is 12.6. The van der Waals surface area contributed by atoms with E-state index in [9.17, 15) is 0 Å². The summed E-state index contributed by atoms with van der Waals surface area (Å²) in [6.45, 7) is 9.06. The number of nitriles is 1. The number of hydrogen-bond donors (Lipinski definition) is 0. The third-order valence-corrected chi connectivity index (χ3v) is 3.29. The molecule has 2 nitrogen and oxygen atoms in total. The maximum Gasteiger partial charge on any atom is 0.119 e. The van der Waals surface area contributed by atoms with Crippen LogP contribution in [0.1, 0.15) is 58.4 Å². The molecule has 0 N–H and O–H groups in total. The number of rotatable bonds is 7. The van der Waals surface area contributed by atoms with Gasteiger partial charge in [-0.3, -0.25) is 0 Å². The molecule has 0 aliphatic carbocycles. The minimum atomic E-state index is -0.211. The van der Waals surface area contributed by atoms with E-state index in [1.807, 2.05) is 26.0 Å². The fourth-order valence-electron chi connectivity index (χ4n) is 1.88. The van der Waals surface area contributed by atoms with E-state index in [-0.39, 0.29) is 5.41 Å². The predicted octanol–water partition coefficient (Wildman–Crippen LogP) is 4.91. The molecule has 0 saturated carbocycles. The van der Waals surface area contributed by atoms with Crippen LogP contribution in [0, 0.1) is 16.7 Å². The lowest BCUT2D eigenvalue weighted by molar-refractivity contribution is 0.294. The van der Waals surface area contributed by atoms with Crippen molar-refractivity contribution in [2.24, 2.45) is 5.41 Å². The molecule has 0 aromatic heterocycles. The SMILES string of the molecule is CC(C)c1cccc(OCCCCC(C)(C)C#N)c1. The van der Waals surface area contributed by atoms with E-state index in [4.69, 9.17) is 10.00 Å². The number of ether oxygens (including phenoxy) is 1. The lowest BCUT2D eigenvalue weighted by Gasteiger charge is -2.14. The lowest BCUT2D eigenvalue weighted by atomic mass is 9.89. The number of nitrogens with zero attached hydrogens (tertiary/aromatic N) is 1. The Balaban J connectivity index is 2.30. The zero-order valence-corrected chi connectivity index (χ0v) is 12.6. The first-order valence-corrected chi connectivity index (χ1v) is 7.08. The van der Waals surface area contributed by atoms with Gasteiger partial charge in [0.2, 0.25) is 0 Å². The van der Waals surface area contributed by atoms with Gasteiger partial charge in [-0.1, -0.05) is 26.0 Å². The topological polar surface area (TPSA) is 33.0 Å². The smallest absolute Gasteiger partial charge is 0.119 e. The molecule has 19 heavy (non-hydrogen) atoms. The normalized spacial score (nSPS) is 11.4. The molecule has 1 aromatic carbocycles. The molecule has 0 aliphatic heterocycles. The van der Waals surface area contributed by atoms with E-state index in [0.717, 1.165) is 31.6 Å². The Labute approximate surface area is 117 Å². The molecule has 0 heterocycles. The summed E-state index contributed by atoms with van der Waals surface area (Å²) in [7, 11) is 0. The summed E-state index contributed by atoms with van der Waals surface area (Å²) in [6, 6.07) is 10.6. The van der Waals surface area contributed by atoms with Crippen molar-refractivity contribution < 1.29 is 4.74 Å². The van der Waals surface area contributed by atoms with Gasteiger partial charge in [0.05, 0.1) is 18.1 Å². The van der Waals surface area contributed by atoms with E-state index in [0.29, 0.717) is 5.92 Å². The van der Waals surface area contributed by atoms with E-state index in [1.165, 1.54) is 5.56 Å². The Morgan fingerprint density at radius 3 is 2.63 bits per heavy atom. The van der Waals surface area contributed by atoms with Gasteiger partial charge < -0.3 is 4.74 Å². The fourth-order valence-corrected chi connectivity index (χ4v) is 1.88. The predicted molar refractivity (Wildman–Crippen MR) is 79.3 cm³/mol. The Hall–Kier alpha value is -1.49. The van der Waals surface area contributed by atoms with Crippen LogP contribution in [0.15, 0.2) is 24.3 Å². The van der Waals surface area contributed by atoms with Crippen molar-refractivity contribution in [1.29, 1.82) is 5.26 Å². The van der Waals surface area contributed by atoms with Gasteiger partial charge >= 0.3 is 0 Å². The number of hydrogen-bond acceptors (Lipinski definition) is 2. The minimum Gasteiger partial charge on any atom is -0.494 e. The van der Waals surface area contributed by atoms with Crippen LogP contribution in [0.3, 0.4) is 0 Å². The molecule has 0 spiro atoms. The highest BCUT2D eigenvalue weighted by Crippen LogP contribution is 2.23. The molecular formula is C17H25NO. The second kappa shape index (κ2) is 7.19. The second-order valence-electron chi connectivity index (χ2n) is 6.03. The molecule has 1 rings (SSSR count). The molecule has 0 radical (unpaired) electrons. The van der Waals surface area contributed by atoms with Crippen molar-refractivity contribution in [3.63, 3.8) is 0 Å². The molecule has 0 bridgehead atoms. The van der Waals surface area contributed by atoms with Crippen LogP contribution in [0.4, 0.5) is 0 Å². The number of benzene rings is 1. The van der Waals surface area contributed by atoms with Gasteiger partial charge in [0.25, 0.3) is 0 Å². The van der Waals surface area contributed by atoms with Crippen LogP contribution in [0.5, 0.6) is 5.75 Å². The van der Waals surface area contributed by atoms with Crippen LogP contribution in [0.2, 0.25) is 0 Å². The monoisotopic (exact) mass is 259 g/mol. The van der Waals surface area contributed by atoms with E-state index < -0.39 is 0 Å². The largest absolute Gasteiger partial charge is 0.494 e. The van der Waals surface area contributed by atoms with Gasteiger partial charge in [-0.15, -0.1) is 0 Å². The molecule has 104 valence electrons. The minimum absolute atomic E-state index is 0.211. The standard InChI is InChI=1S/C17H25NO/c1-14(2)15-8-7-9-16(12-15)19-11-6-5-10-17(3,4)13-18/h7-9,12,14H,5-6,10-11H2,1-4H3. The van der Waals surface area contributed by atoms with Crippen LogP contribution >= 0.6 is 0 Å². The highest BCUT2D eigenvalue weighted by atomic mass is 16.5. The van der Waals surface area contributed by atoms with Crippen molar-refractivity contribution in [2.75, 3.05) is 6.61 Å². The van der Waals surface area contributed by atoms with E-state index in [2.05, 4.69) is 32.0 Å². The van der Waals surface area contributed by atoms with Crippen LogP contribution in [-0.2, 0) is 0 Å². The summed E-state index contributed by atoms with van der Waals surface area (Å²) in [5.41, 5.74) is 1.10. The highest BCUT2D eigenvalue weighted by Gasteiger charge is 2.15. The highest BCUT2D eigenvalue weighted by molar-refractivity contribution is 5.30. The van der Waals surface area contributed by atoms with Gasteiger partial charge in [0.1, 0.15) is 5.75 Å². The van der Waals surface area contributed by atoms with Crippen molar-refractivity contribution >= 4 is 0 Å². The van der Waals surface area contributed by atoms with Crippen molar-refractivity contribution in [3.05, 3.63) is 29.8 Å². The average molecular weight is 259 g/mol. The van der Waals surface area contributed by atoms with Crippen molar-refractivity contribution in [2.45, 2.75) is 52.9 Å². The van der Waals surface area contributed by atoms with Gasteiger partial charge in [-0.25, -0.2) is 0 Å². The van der Waals surface area contributed by atoms with Crippen LogP contribution < -0.4 is 4.74 Å². The summed E-state index contributed by atoms with van der Waals surface area (Å²) in [5, 5.41) is 8.93. The first kappa shape index (κ1) is 15.6. The third-order valence-electron chi connectivity index (χ3n) is 3.29. The lowest BCUT2D eigenvalue weighted by Crippen LogP contribution is -2.08. The maximum absolute atomic E-state index is 8.93. The molecule has 0 fully saturated rings. The van der Waals surface area contributed by atoms with Gasteiger partial charge in [0.15, 0.2) is 0 Å². The second-order valence-corrected chi connectivity index (χ2v) is 6.03. The quantitative estimate of drug-likeness (QED) is 0.652. The molecule has 0 saturated heterocycles. The first-order valence-electron chi connectivity index (χ1n) is 7.08. The maximum atomic E-state index is 8.93. The number of unbranched alkanes of at least 4 members (excludes halogenated alkanes) is 1. The van der Waals surface area contributed by atoms with Gasteiger partial charge in [0, 0.05) is 0 Å². The molecule has 1 aromatic rings. The molecule has 0 aliphatic rings. The van der Waals surface area contributed by atoms with Gasteiger partial charge in [-0.2, -0.15) is 5.26 Å². The summed E-state index contributed by atoms with van der Waals surface area (Å²) in [6.07, 6.45) is 2.96. The molecular weight excluding hydrogens is 234 g/mol. The van der Waals surface area contributed by atoms with Gasteiger partial charge in [-0.05, 0) is 56.7 Å². The Morgan fingerprint density at radius 1 is 1.26 bits per heavy atom. The van der Waals surface area contributed by atoms with Crippen molar-refractivity contribution in [1.82, 2.24) is 0 Å². The zero-order chi connectivity index (χ0) is 14.3. The fraction of sp³-hybridized carbons (Fsp3) is 0.588. The molecule has 0 unspecified atom stereocenters. The first-order chi connectivity index (χ1) is 8.94. The summed E-state index contributed by atoms with van der Waals surface area (Å²) < 4.78 is 5.76.